The van der Waals surface area contributed by atoms with E-state index in [1.54, 1.807) is 12.2 Å². The fourth-order valence-electron chi connectivity index (χ4n) is 2.46. The zero-order valence-corrected chi connectivity index (χ0v) is 14.7. The molecule has 0 aromatic heterocycles. The van der Waals surface area contributed by atoms with Gasteiger partial charge in [-0.1, -0.05) is 12.2 Å². The van der Waals surface area contributed by atoms with E-state index < -0.39 is 10.8 Å². The average Bonchev–Trinajstić information content (AvgIpc) is 2.41. The minimum atomic E-state index is -1.17. The van der Waals surface area contributed by atoms with Crippen LogP contribution in [0.2, 0.25) is 0 Å². The Balaban J connectivity index is 0.00000288. The van der Waals surface area contributed by atoms with Crippen LogP contribution in [0.4, 0.5) is 0 Å². The fourth-order valence-corrected chi connectivity index (χ4v) is 3.85. The minimum Gasteiger partial charge on any atom is -0.477 e. The molecular weight excluding hydrogens is 356 g/mol. The van der Waals surface area contributed by atoms with Gasteiger partial charge in [-0.25, -0.2) is 4.79 Å². The summed E-state index contributed by atoms with van der Waals surface area (Å²) in [5, 5.41) is 12.1. The Labute approximate surface area is 150 Å². The molecule has 0 aromatic rings. The van der Waals surface area contributed by atoms with Gasteiger partial charge >= 0.3 is 5.97 Å². The second-order valence-electron chi connectivity index (χ2n) is 5.61. The predicted molar refractivity (Wildman–Crippen MR) is 93.1 cm³/mol. The van der Waals surface area contributed by atoms with E-state index in [0.717, 1.165) is 0 Å². The van der Waals surface area contributed by atoms with Gasteiger partial charge in [-0.15, -0.1) is 24.2 Å². The summed E-state index contributed by atoms with van der Waals surface area (Å²) in [7, 11) is 0. The molecule has 2 unspecified atom stereocenters. The molecule has 0 spiro atoms. The molecule has 0 bridgehead atoms. The van der Waals surface area contributed by atoms with Crippen LogP contribution < -0.4 is 16.8 Å². The van der Waals surface area contributed by atoms with Crippen molar-refractivity contribution >= 4 is 42.0 Å². The summed E-state index contributed by atoms with van der Waals surface area (Å²) in [4.78, 5) is 33.9. The van der Waals surface area contributed by atoms with E-state index >= 15 is 0 Å². The lowest BCUT2D eigenvalue weighted by Crippen LogP contribution is -2.57. The van der Waals surface area contributed by atoms with Crippen LogP contribution >= 0.6 is 24.2 Å². The first-order chi connectivity index (χ1) is 10.7. The summed E-state index contributed by atoms with van der Waals surface area (Å²) in [6.45, 7) is 2.31. The third-order valence-corrected chi connectivity index (χ3v) is 4.87. The number of carboxylic acids is 1. The predicted octanol–water partition coefficient (Wildman–Crippen LogP) is -0.253. The van der Waals surface area contributed by atoms with Crippen LogP contribution in [-0.2, 0) is 14.4 Å². The SMILES string of the molecule is CC(CC(N)=O)NC/C=C/C1(N)C=C(C(=O)O)N2C(=O)C[C@H]2S1.Cl. The van der Waals surface area contributed by atoms with Gasteiger partial charge in [0.2, 0.25) is 11.8 Å². The van der Waals surface area contributed by atoms with Crippen LogP contribution in [0, 0.1) is 0 Å². The van der Waals surface area contributed by atoms with Crippen molar-refractivity contribution in [2.24, 2.45) is 11.5 Å². The van der Waals surface area contributed by atoms with Crippen molar-refractivity contribution in [2.45, 2.75) is 36.1 Å². The molecule has 2 rings (SSSR count). The van der Waals surface area contributed by atoms with Gasteiger partial charge in [0, 0.05) is 19.0 Å². The number of β-lactam (4-membered cyclic amide) rings is 1. The highest BCUT2D eigenvalue weighted by Crippen LogP contribution is 2.44. The Morgan fingerprint density at radius 3 is 2.83 bits per heavy atom. The molecule has 3 atom stereocenters. The van der Waals surface area contributed by atoms with Gasteiger partial charge in [0.15, 0.2) is 0 Å². The van der Waals surface area contributed by atoms with Crippen molar-refractivity contribution in [3.05, 3.63) is 23.9 Å². The number of amides is 2. The number of rotatable bonds is 7. The van der Waals surface area contributed by atoms with Crippen molar-refractivity contribution in [3.8, 4) is 0 Å². The van der Waals surface area contributed by atoms with E-state index in [9.17, 15) is 19.5 Å². The Morgan fingerprint density at radius 2 is 2.29 bits per heavy atom. The summed E-state index contributed by atoms with van der Waals surface area (Å²) in [5.74, 6) is -1.75. The maximum absolute atomic E-state index is 11.5. The molecule has 1 saturated heterocycles. The number of carboxylic acid groups (broad SMARTS) is 1. The van der Waals surface area contributed by atoms with Gasteiger partial charge in [-0.3, -0.25) is 14.5 Å². The van der Waals surface area contributed by atoms with Gasteiger partial charge in [-0.2, -0.15) is 0 Å². The normalized spacial score (nSPS) is 26.9. The standard InChI is InChI=1S/C14H20N4O4S.ClH/c1-8(5-10(15)19)17-4-2-3-14(16)7-9(13(21)22)18-11(20)6-12(18)23-14;/h2-3,7-8,12,17H,4-6,16H2,1H3,(H2,15,19)(H,21,22);1H/b3-2+;/t8?,12-,14?;/m1./s1. The molecule has 0 radical (unpaired) electrons. The minimum absolute atomic E-state index is 0. The first-order valence-corrected chi connectivity index (χ1v) is 8.04. The molecule has 2 heterocycles. The van der Waals surface area contributed by atoms with Gasteiger partial charge in [0.05, 0.1) is 11.8 Å². The number of fused-ring (bicyclic) bond motifs is 1. The zero-order valence-electron chi connectivity index (χ0n) is 13.1. The summed E-state index contributed by atoms with van der Waals surface area (Å²) in [6, 6.07) is -0.0604. The number of nitrogens with two attached hydrogens (primary N) is 2. The maximum atomic E-state index is 11.5. The van der Waals surface area contributed by atoms with E-state index in [4.69, 9.17) is 11.5 Å². The van der Waals surface area contributed by atoms with Crippen molar-refractivity contribution in [3.63, 3.8) is 0 Å². The first-order valence-electron chi connectivity index (χ1n) is 7.16. The average molecular weight is 377 g/mol. The number of primary amides is 1. The molecule has 2 amide bonds. The molecule has 0 aliphatic carbocycles. The summed E-state index contributed by atoms with van der Waals surface area (Å²) in [5.41, 5.74) is 11.2. The van der Waals surface area contributed by atoms with E-state index in [1.165, 1.54) is 22.7 Å². The quantitative estimate of drug-likeness (QED) is 0.355. The fraction of sp³-hybridized carbons (Fsp3) is 0.500. The van der Waals surface area contributed by atoms with Crippen LogP contribution in [0.5, 0.6) is 0 Å². The number of aliphatic carboxylic acids is 1. The second kappa shape index (κ2) is 8.02. The molecule has 2 aliphatic heterocycles. The highest BCUT2D eigenvalue weighted by molar-refractivity contribution is 8.01. The van der Waals surface area contributed by atoms with E-state index in [2.05, 4.69) is 5.32 Å². The van der Waals surface area contributed by atoms with Crippen molar-refractivity contribution in [2.75, 3.05) is 6.54 Å². The van der Waals surface area contributed by atoms with Crippen LogP contribution in [0.3, 0.4) is 0 Å². The molecule has 0 saturated carbocycles. The van der Waals surface area contributed by atoms with E-state index in [1.807, 2.05) is 6.92 Å². The number of thioether (sulfide) groups is 1. The van der Waals surface area contributed by atoms with Crippen LogP contribution in [-0.4, -0.2) is 50.6 Å². The van der Waals surface area contributed by atoms with Crippen LogP contribution in [0.25, 0.3) is 0 Å². The van der Waals surface area contributed by atoms with Crippen molar-refractivity contribution in [1.82, 2.24) is 10.2 Å². The summed E-state index contributed by atoms with van der Waals surface area (Å²) < 4.78 is 0. The van der Waals surface area contributed by atoms with Crippen LogP contribution in [0.1, 0.15) is 19.8 Å². The summed E-state index contributed by atoms with van der Waals surface area (Å²) >= 11 is 1.33. The Hall–Kier alpha value is -1.55. The first kappa shape index (κ1) is 20.5. The molecule has 1 fully saturated rings. The lowest BCUT2D eigenvalue weighted by molar-refractivity contribution is -0.146. The number of halogens is 1. The lowest BCUT2D eigenvalue weighted by atomic mass is 10.1. The Kier molecular flexibility index (Phi) is 6.85. The molecule has 0 aromatic carbocycles. The van der Waals surface area contributed by atoms with Gasteiger partial charge in [-0.05, 0) is 13.0 Å². The highest BCUT2D eigenvalue weighted by atomic mass is 35.5. The molecule has 134 valence electrons. The molecule has 10 heteroatoms. The number of hydrogen-bond acceptors (Lipinski definition) is 6. The molecule has 24 heavy (non-hydrogen) atoms. The molecule has 6 N–H and O–H groups in total. The summed E-state index contributed by atoms with van der Waals surface area (Å²) in [6.07, 6.45) is 5.38. The van der Waals surface area contributed by atoms with Gasteiger partial charge < -0.3 is 21.9 Å². The van der Waals surface area contributed by atoms with Crippen molar-refractivity contribution in [1.29, 1.82) is 0 Å². The third-order valence-electron chi connectivity index (χ3n) is 3.56. The Bertz CT molecular complexity index is 597. The lowest BCUT2D eigenvalue weighted by Gasteiger charge is -2.46. The Morgan fingerprint density at radius 1 is 1.62 bits per heavy atom. The van der Waals surface area contributed by atoms with Crippen molar-refractivity contribution < 1.29 is 19.5 Å². The molecular formula is C14H21ClN4O4S. The van der Waals surface area contributed by atoms with E-state index in [0.29, 0.717) is 6.54 Å². The largest absolute Gasteiger partial charge is 0.477 e. The smallest absolute Gasteiger partial charge is 0.352 e. The van der Waals surface area contributed by atoms with Gasteiger partial charge in [0.1, 0.15) is 10.6 Å². The maximum Gasteiger partial charge on any atom is 0.352 e. The van der Waals surface area contributed by atoms with Crippen LogP contribution in [0.15, 0.2) is 23.9 Å². The van der Waals surface area contributed by atoms with Gasteiger partial charge in [0.25, 0.3) is 0 Å². The molecule has 8 nitrogen and oxygen atoms in total. The van der Waals surface area contributed by atoms with E-state index in [-0.39, 0.29) is 54.2 Å². The topological polar surface area (TPSA) is 139 Å². The number of nitrogens with one attached hydrogen (secondary N) is 1. The highest BCUT2D eigenvalue weighted by Gasteiger charge is 2.48. The third kappa shape index (κ3) is 4.73. The monoisotopic (exact) mass is 376 g/mol. The number of nitrogens with zero attached hydrogens (tertiary/aromatic N) is 1. The number of carbonyl (C=O) groups excluding carboxylic acids is 2. The second-order valence-corrected chi connectivity index (χ2v) is 7.10. The zero-order chi connectivity index (χ0) is 17.2. The number of carbonyl (C=O) groups is 3. The number of hydrogen-bond donors (Lipinski definition) is 4. The molecule has 2 aliphatic rings.